The zero-order valence-electron chi connectivity index (χ0n) is 16.1. The lowest BCUT2D eigenvalue weighted by molar-refractivity contribution is -0.137. The fraction of sp³-hybridized carbons (Fsp3) is 0.500. The van der Waals surface area contributed by atoms with Crippen molar-refractivity contribution in [3.05, 3.63) is 47.5 Å². The molecule has 8 nitrogen and oxygen atoms in total. The highest BCUT2D eigenvalue weighted by molar-refractivity contribution is 5.87. The van der Waals surface area contributed by atoms with E-state index in [9.17, 15) is 9.59 Å². The lowest BCUT2D eigenvalue weighted by Gasteiger charge is -2.35. The van der Waals surface area contributed by atoms with Crippen LogP contribution in [-0.4, -0.2) is 55.6 Å². The Kier molecular flexibility index (Phi) is 5.02. The molecule has 2 aliphatic heterocycles. The van der Waals surface area contributed by atoms with Crippen LogP contribution in [0.4, 0.5) is 4.79 Å². The smallest absolute Gasteiger partial charge is 0.315 e. The lowest BCUT2D eigenvalue weighted by atomic mass is 10.1. The normalized spacial score (nSPS) is 21.6. The van der Waals surface area contributed by atoms with E-state index in [2.05, 4.69) is 33.8 Å². The van der Waals surface area contributed by atoms with Crippen molar-refractivity contribution in [2.75, 3.05) is 13.1 Å². The highest BCUT2D eigenvalue weighted by atomic mass is 16.2. The van der Waals surface area contributed by atoms with Crippen LogP contribution in [0.2, 0.25) is 0 Å². The average molecular weight is 382 g/mol. The summed E-state index contributed by atoms with van der Waals surface area (Å²) in [6, 6.07) is 9.45. The number of hydrogen-bond donors (Lipinski definition) is 1. The van der Waals surface area contributed by atoms with Gasteiger partial charge in [0.2, 0.25) is 5.91 Å². The number of urea groups is 1. The zero-order chi connectivity index (χ0) is 19.7. The van der Waals surface area contributed by atoms with Crippen LogP contribution in [0.25, 0.3) is 0 Å². The maximum absolute atomic E-state index is 13.0. The van der Waals surface area contributed by atoms with E-state index in [0.29, 0.717) is 26.1 Å². The van der Waals surface area contributed by atoms with Crippen LogP contribution in [0.1, 0.15) is 43.0 Å². The number of aryl methyl sites for hydroxylation is 2. The number of carbonyl (C=O) groups is 2. The van der Waals surface area contributed by atoms with Gasteiger partial charge in [-0.25, -0.2) is 4.79 Å². The summed E-state index contributed by atoms with van der Waals surface area (Å²) in [6.45, 7) is 3.64. The van der Waals surface area contributed by atoms with Gasteiger partial charge in [-0.3, -0.25) is 4.79 Å². The Labute approximate surface area is 164 Å². The Morgan fingerprint density at radius 3 is 2.71 bits per heavy atom. The summed E-state index contributed by atoms with van der Waals surface area (Å²) in [5, 5.41) is 8.73. The molecule has 0 spiro atoms. The number of aromatic nitrogens is 3. The summed E-state index contributed by atoms with van der Waals surface area (Å²) >= 11 is 0. The second kappa shape index (κ2) is 7.61. The van der Waals surface area contributed by atoms with Crippen molar-refractivity contribution < 1.29 is 9.59 Å². The van der Waals surface area contributed by atoms with Crippen molar-refractivity contribution in [1.29, 1.82) is 0 Å². The molecule has 1 aromatic heterocycles. The van der Waals surface area contributed by atoms with Gasteiger partial charge in [0.25, 0.3) is 0 Å². The van der Waals surface area contributed by atoms with Gasteiger partial charge in [-0.2, -0.15) is 0 Å². The molecule has 3 amide bonds. The minimum Gasteiger partial charge on any atom is -0.351 e. The van der Waals surface area contributed by atoms with Gasteiger partial charge in [0.1, 0.15) is 11.9 Å². The first-order chi connectivity index (χ1) is 13.5. The SMILES string of the molecule is C[C@H]1CN(C(=O)[C@@H]2CCCN2C(N)=O)Cc2nnc(CCc3ccccc3)n21. The second-order valence-electron chi connectivity index (χ2n) is 7.65. The van der Waals surface area contributed by atoms with Gasteiger partial charge >= 0.3 is 6.03 Å². The van der Waals surface area contributed by atoms with Crippen molar-refractivity contribution >= 4 is 11.9 Å². The predicted molar refractivity (Wildman–Crippen MR) is 103 cm³/mol. The van der Waals surface area contributed by atoms with Crippen LogP contribution in [0.3, 0.4) is 0 Å². The number of hydrogen-bond acceptors (Lipinski definition) is 4. The van der Waals surface area contributed by atoms with E-state index in [0.717, 1.165) is 30.9 Å². The van der Waals surface area contributed by atoms with E-state index < -0.39 is 12.1 Å². The Bertz CT molecular complexity index is 865. The average Bonchev–Trinajstić information content (AvgIpc) is 3.34. The van der Waals surface area contributed by atoms with Gasteiger partial charge < -0.3 is 20.1 Å². The van der Waals surface area contributed by atoms with Crippen LogP contribution < -0.4 is 5.73 Å². The summed E-state index contributed by atoms with van der Waals surface area (Å²) in [6.07, 6.45) is 3.20. The molecular weight excluding hydrogens is 356 g/mol. The predicted octanol–water partition coefficient (Wildman–Crippen LogP) is 1.51. The van der Waals surface area contributed by atoms with Crippen LogP contribution in [0, 0.1) is 0 Å². The van der Waals surface area contributed by atoms with E-state index in [-0.39, 0.29) is 11.9 Å². The number of nitrogens with two attached hydrogens (primary N) is 1. The molecule has 0 unspecified atom stereocenters. The molecule has 28 heavy (non-hydrogen) atoms. The van der Waals surface area contributed by atoms with E-state index in [1.165, 1.54) is 10.5 Å². The molecule has 2 aromatic rings. The van der Waals surface area contributed by atoms with E-state index in [1.807, 2.05) is 18.2 Å². The first-order valence-electron chi connectivity index (χ1n) is 9.86. The lowest BCUT2D eigenvalue weighted by Crippen LogP contribution is -2.51. The number of fused-ring (bicyclic) bond motifs is 1. The summed E-state index contributed by atoms with van der Waals surface area (Å²) in [5.74, 6) is 1.72. The second-order valence-corrected chi connectivity index (χ2v) is 7.65. The number of nitrogens with zero attached hydrogens (tertiary/aromatic N) is 5. The van der Waals surface area contributed by atoms with Crippen molar-refractivity contribution in [3.63, 3.8) is 0 Å². The van der Waals surface area contributed by atoms with Crippen LogP contribution in [0.5, 0.6) is 0 Å². The van der Waals surface area contributed by atoms with Crippen LogP contribution in [0.15, 0.2) is 30.3 Å². The molecule has 1 saturated heterocycles. The fourth-order valence-corrected chi connectivity index (χ4v) is 4.35. The Hall–Kier alpha value is -2.90. The van der Waals surface area contributed by atoms with Gasteiger partial charge in [-0.15, -0.1) is 10.2 Å². The molecule has 8 heteroatoms. The number of amides is 3. The molecular formula is C20H26N6O2. The van der Waals surface area contributed by atoms with Crippen molar-refractivity contribution in [2.45, 2.75) is 51.2 Å². The maximum Gasteiger partial charge on any atom is 0.315 e. The number of carbonyl (C=O) groups excluding carboxylic acids is 2. The molecule has 2 atom stereocenters. The number of benzene rings is 1. The molecule has 2 aliphatic rings. The Balaban J connectivity index is 1.46. The zero-order valence-corrected chi connectivity index (χ0v) is 16.1. The van der Waals surface area contributed by atoms with Gasteiger partial charge in [0, 0.05) is 19.5 Å². The molecule has 148 valence electrons. The first kappa shape index (κ1) is 18.5. The van der Waals surface area contributed by atoms with Crippen molar-refractivity contribution in [3.8, 4) is 0 Å². The van der Waals surface area contributed by atoms with E-state index in [1.54, 1.807) is 4.90 Å². The minimum atomic E-state index is -0.521. The summed E-state index contributed by atoms with van der Waals surface area (Å²) in [7, 11) is 0. The first-order valence-corrected chi connectivity index (χ1v) is 9.86. The Morgan fingerprint density at radius 1 is 1.18 bits per heavy atom. The third-order valence-electron chi connectivity index (χ3n) is 5.71. The molecule has 3 heterocycles. The molecule has 1 aromatic carbocycles. The van der Waals surface area contributed by atoms with Crippen molar-refractivity contribution in [2.24, 2.45) is 5.73 Å². The number of likely N-dealkylation sites (tertiary alicyclic amines) is 1. The third kappa shape index (κ3) is 3.46. The number of primary amides is 1. The Morgan fingerprint density at radius 2 is 1.96 bits per heavy atom. The van der Waals surface area contributed by atoms with E-state index >= 15 is 0 Å². The van der Waals surface area contributed by atoms with Gasteiger partial charge in [0.05, 0.1) is 12.6 Å². The van der Waals surface area contributed by atoms with Gasteiger partial charge in [0.15, 0.2) is 5.82 Å². The standard InChI is InChI=1S/C20H26N6O2/c1-14-12-24(19(27)16-8-5-11-25(16)20(21)28)13-18-23-22-17(26(14)18)10-9-15-6-3-2-4-7-15/h2-4,6-7,14,16H,5,8-13H2,1H3,(H2,21,28)/t14-,16-/m0/s1. The summed E-state index contributed by atoms with van der Waals surface area (Å²) < 4.78 is 2.16. The molecule has 0 aliphatic carbocycles. The maximum atomic E-state index is 13.0. The van der Waals surface area contributed by atoms with E-state index in [4.69, 9.17) is 5.73 Å². The van der Waals surface area contributed by atoms with Crippen LogP contribution in [-0.2, 0) is 24.2 Å². The molecule has 0 radical (unpaired) electrons. The number of rotatable bonds is 4. The summed E-state index contributed by atoms with van der Waals surface area (Å²) in [5.41, 5.74) is 6.70. The highest BCUT2D eigenvalue weighted by Gasteiger charge is 2.38. The molecule has 0 saturated carbocycles. The van der Waals surface area contributed by atoms with Gasteiger partial charge in [-0.1, -0.05) is 30.3 Å². The monoisotopic (exact) mass is 382 g/mol. The highest BCUT2D eigenvalue weighted by Crippen LogP contribution is 2.26. The summed E-state index contributed by atoms with van der Waals surface area (Å²) in [4.78, 5) is 27.9. The largest absolute Gasteiger partial charge is 0.351 e. The van der Waals surface area contributed by atoms with Crippen LogP contribution >= 0.6 is 0 Å². The third-order valence-corrected chi connectivity index (χ3v) is 5.71. The quantitative estimate of drug-likeness (QED) is 0.867. The van der Waals surface area contributed by atoms with Crippen molar-refractivity contribution in [1.82, 2.24) is 24.6 Å². The fourth-order valence-electron chi connectivity index (χ4n) is 4.35. The molecule has 4 rings (SSSR count). The molecule has 0 bridgehead atoms. The molecule has 2 N–H and O–H groups in total. The van der Waals surface area contributed by atoms with Gasteiger partial charge in [-0.05, 0) is 31.7 Å². The minimum absolute atomic E-state index is 0.0387. The topological polar surface area (TPSA) is 97.4 Å². The molecule has 1 fully saturated rings.